The molecule has 3 rings (SSSR count). The predicted octanol–water partition coefficient (Wildman–Crippen LogP) is 8.05. The molecule has 0 aliphatic carbocycles. The Bertz CT molecular complexity index is 1290. The Morgan fingerprint density at radius 3 is 1.05 bits per heavy atom. The largest absolute Gasteiger partial charge is 0.392 e. The summed E-state index contributed by atoms with van der Waals surface area (Å²) in [5.74, 6) is 0. The van der Waals surface area contributed by atoms with Gasteiger partial charge in [0.2, 0.25) is 0 Å². The van der Waals surface area contributed by atoms with Crippen LogP contribution < -0.4 is 0 Å². The van der Waals surface area contributed by atoms with Crippen LogP contribution in [0.1, 0.15) is 117 Å². The van der Waals surface area contributed by atoms with Crippen LogP contribution in [0.5, 0.6) is 0 Å². The van der Waals surface area contributed by atoms with E-state index in [-0.39, 0.29) is 0 Å². The first-order valence-corrected chi connectivity index (χ1v) is 15.5. The molecule has 0 amide bonds. The first-order valence-electron chi connectivity index (χ1n) is 15.5. The normalized spacial score (nSPS) is 17.2. The van der Waals surface area contributed by atoms with Gasteiger partial charge >= 0.3 is 0 Å². The molecular formula is C39H56O4. The molecule has 4 N–H and O–H groups in total. The first-order chi connectivity index (χ1) is 19.5. The molecule has 4 heteroatoms. The summed E-state index contributed by atoms with van der Waals surface area (Å²) in [6.45, 7) is 23.9. The van der Waals surface area contributed by atoms with Gasteiger partial charge in [0.1, 0.15) is 5.60 Å². The topological polar surface area (TPSA) is 80.9 Å². The van der Waals surface area contributed by atoms with Crippen molar-refractivity contribution in [2.75, 3.05) is 0 Å². The van der Waals surface area contributed by atoms with E-state index in [2.05, 4.69) is 41.5 Å². The summed E-state index contributed by atoms with van der Waals surface area (Å²) >= 11 is 0. The van der Waals surface area contributed by atoms with Crippen molar-refractivity contribution in [2.45, 2.75) is 118 Å². The summed E-state index contributed by atoms with van der Waals surface area (Å²) in [5.41, 5.74) is -3.21. The number of hydrogen-bond donors (Lipinski definition) is 4. The van der Waals surface area contributed by atoms with Crippen molar-refractivity contribution in [1.29, 1.82) is 0 Å². The highest BCUT2D eigenvalue weighted by molar-refractivity contribution is 5.52. The molecule has 0 aliphatic rings. The predicted molar refractivity (Wildman–Crippen MR) is 178 cm³/mol. The van der Waals surface area contributed by atoms with Crippen molar-refractivity contribution >= 4 is 0 Å². The molecule has 43 heavy (non-hydrogen) atoms. The maximum absolute atomic E-state index is 14.2. The lowest BCUT2D eigenvalue weighted by Gasteiger charge is -2.61. The van der Waals surface area contributed by atoms with Gasteiger partial charge in [-0.2, -0.15) is 0 Å². The highest BCUT2D eigenvalue weighted by atomic mass is 16.3. The molecule has 0 heterocycles. The molecule has 4 nitrogen and oxygen atoms in total. The van der Waals surface area contributed by atoms with Crippen LogP contribution in [0.4, 0.5) is 0 Å². The summed E-state index contributed by atoms with van der Waals surface area (Å²) in [4.78, 5) is 0. The molecule has 0 aromatic heterocycles. The Hall–Kier alpha value is -2.50. The molecule has 0 saturated carbocycles. The third-order valence-corrected chi connectivity index (χ3v) is 8.99. The molecule has 0 spiro atoms. The van der Waals surface area contributed by atoms with Crippen molar-refractivity contribution in [1.82, 2.24) is 0 Å². The number of benzene rings is 3. The average Bonchev–Trinajstić information content (AvgIpc) is 2.91. The maximum atomic E-state index is 14.2. The second-order valence-electron chi connectivity index (χ2n) is 16.6. The molecule has 236 valence electrons. The van der Waals surface area contributed by atoms with E-state index in [9.17, 15) is 20.4 Å². The van der Waals surface area contributed by atoms with Crippen LogP contribution in [-0.2, 0) is 16.4 Å². The molecule has 0 saturated heterocycles. The summed E-state index contributed by atoms with van der Waals surface area (Å²) in [7, 11) is 0. The number of aliphatic hydroxyl groups is 4. The Balaban J connectivity index is 2.81. The van der Waals surface area contributed by atoms with Crippen molar-refractivity contribution in [3.05, 3.63) is 107 Å². The van der Waals surface area contributed by atoms with E-state index in [1.54, 1.807) is 12.1 Å². The second-order valence-corrected chi connectivity index (χ2v) is 16.6. The molecule has 3 unspecified atom stereocenters. The minimum absolute atomic E-state index is 0.413. The quantitative estimate of drug-likeness (QED) is 0.225. The lowest BCUT2D eigenvalue weighted by atomic mass is 9.47. The van der Waals surface area contributed by atoms with E-state index in [4.69, 9.17) is 0 Å². The zero-order valence-electron chi connectivity index (χ0n) is 28.5. The van der Waals surface area contributed by atoms with Crippen LogP contribution in [0.25, 0.3) is 0 Å². The van der Waals surface area contributed by atoms with Crippen molar-refractivity contribution in [3.63, 3.8) is 0 Å². The number of aliphatic hydroxyl groups excluding tert-OH is 3. The van der Waals surface area contributed by atoms with Gasteiger partial charge in [0.15, 0.2) is 0 Å². The van der Waals surface area contributed by atoms with Crippen LogP contribution in [0.2, 0.25) is 0 Å². The zero-order chi connectivity index (χ0) is 32.8. The van der Waals surface area contributed by atoms with Gasteiger partial charge in [0.25, 0.3) is 0 Å². The smallest absolute Gasteiger partial charge is 0.129 e. The standard InChI is InChI=1S/C39H56O4/c1-34(2,3)27-22-16-18-24-29(27)39(43,30-25-19-17-23-28(30)35(4,5)6)38(32(41)36(7,8)9,33(42)37(10,11)12)31(40)26-20-14-13-15-21-26/h13-25,31-33,40-43H,1-12H3. The summed E-state index contributed by atoms with van der Waals surface area (Å²) in [6.07, 6.45) is -4.23. The Kier molecular flexibility index (Phi) is 9.58. The summed E-state index contributed by atoms with van der Waals surface area (Å²) < 4.78 is 0. The van der Waals surface area contributed by atoms with Crippen LogP contribution >= 0.6 is 0 Å². The van der Waals surface area contributed by atoms with E-state index in [0.717, 1.165) is 11.1 Å². The van der Waals surface area contributed by atoms with Crippen molar-refractivity contribution in [2.24, 2.45) is 16.2 Å². The van der Waals surface area contributed by atoms with Gasteiger partial charge in [0, 0.05) is 0 Å². The molecule has 0 aliphatic heterocycles. The highest BCUT2D eigenvalue weighted by Gasteiger charge is 2.69. The molecular weight excluding hydrogens is 532 g/mol. The molecule has 0 radical (unpaired) electrons. The molecule has 0 bridgehead atoms. The lowest BCUT2D eigenvalue weighted by Crippen LogP contribution is -2.68. The van der Waals surface area contributed by atoms with Crippen molar-refractivity contribution < 1.29 is 20.4 Å². The third-order valence-electron chi connectivity index (χ3n) is 8.99. The van der Waals surface area contributed by atoms with Gasteiger partial charge in [-0.3, -0.25) is 0 Å². The fourth-order valence-electron chi connectivity index (χ4n) is 6.90. The minimum atomic E-state index is -2.07. The van der Waals surface area contributed by atoms with E-state index in [1.807, 2.05) is 108 Å². The molecule has 3 aromatic carbocycles. The van der Waals surface area contributed by atoms with Gasteiger partial charge in [-0.05, 0) is 49.5 Å². The van der Waals surface area contributed by atoms with Gasteiger partial charge in [0.05, 0.1) is 23.7 Å². The third kappa shape index (κ3) is 6.22. The van der Waals surface area contributed by atoms with Crippen LogP contribution in [0.15, 0.2) is 78.9 Å². The molecule has 3 aromatic rings. The monoisotopic (exact) mass is 588 g/mol. The van der Waals surface area contributed by atoms with Gasteiger partial charge < -0.3 is 20.4 Å². The van der Waals surface area contributed by atoms with Gasteiger partial charge in [-0.15, -0.1) is 0 Å². The maximum Gasteiger partial charge on any atom is 0.129 e. The lowest BCUT2D eigenvalue weighted by molar-refractivity contribution is -0.271. The zero-order valence-corrected chi connectivity index (χ0v) is 28.5. The first kappa shape index (κ1) is 35.0. The fourth-order valence-corrected chi connectivity index (χ4v) is 6.90. The Labute approximate surface area is 260 Å². The average molecular weight is 589 g/mol. The van der Waals surface area contributed by atoms with E-state index in [0.29, 0.717) is 16.7 Å². The molecule has 0 fully saturated rings. The number of hydrogen-bond acceptors (Lipinski definition) is 4. The van der Waals surface area contributed by atoms with Gasteiger partial charge in [-0.1, -0.05) is 162 Å². The van der Waals surface area contributed by atoms with Crippen LogP contribution in [0, 0.1) is 16.2 Å². The molecule has 3 atom stereocenters. The Morgan fingerprint density at radius 1 is 0.442 bits per heavy atom. The van der Waals surface area contributed by atoms with Crippen molar-refractivity contribution in [3.8, 4) is 0 Å². The van der Waals surface area contributed by atoms with E-state index in [1.165, 1.54) is 0 Å². The fraction of sp³-hybridized carbons (Fsp3) is 0.538. The van der Waals surface area contributed by atoms with Gasteiger partial charge in [-0.25, -0.2) is 0 Å². The summed E-state index contributed by atoms with van der Waals surface area (Å²) in [6, 6.07) is 24.6. The second kappa shape index (κ2) is 11.8. The SMILES string of the molecule is CC(C)(C)c1ccccc1C(O)(c1ccccc1C(C)(C)C)C(C(O)c1ccccc1)(C(O)C(C)(C)C)C(O)C(C)(C)C. The van der Waals surface area contributed by atoms with Crippen LogP contribution in [0.3, 0.4) is 0 Å². The van der Waals surface area contributed by atoms with Crippen LogP contribution in [-0.4, -0.2) is 32.6 Å². The Morgan fingerprint density at radius 2 is 0.744 bits per heavy atom. The highest BCUT2D eigenvalue weighted by Crippen LogP contribution is 2.63. The number of rotatable bonds is 7. The van der Waals surface area contributed by atoms with E-state index < -0.39 is 51.0 Å². The van der Waals surface area contributed by atoms with E-state index >= 15 is 0 Å². The summed E-state index contributed by atoms with van der Waals surface area (Å²) in [5, 5.41) is 52.7. The minimum Gasteiger partial charge on any atom is -0.392 e.